The maximum absolute atomic E-state index is 12.1. The van der Waals surface area contributed by atoms with Crippen molar-refractivity contribution >= 4 is 5.78 Å². The molecule has 21 heavy (non-hydrogen) atoms. The Morgan fingerprint density at radius 1 is 1.29 bits per heavy atom. The molecule has 3 fully saturated rings. The number of carbonyl (C=O) groups is 1. The first-order valence-electron chi connectivity index (χ1n) is 8.42. The summed E-state index contributed by atoms with van der Waals surface area (Å²) < 4.78 is 0. The summed E-state index contributed by atoms with van der Waals surface area (Å²) >= 11 is 0. The van der Waals surface area contributed by atoms with Gasteiger partial charge in [0.25, 0.3) is 0 Å². The quantitative estimate of drug-likeness (QED) is 0.766. The summed E-state index contributed by atoms with van der Waals surface area (Å²) in [4.78, 5) is 12.1. The number of rotatable bonds is 2. The van der Waals surface area contributed by atoms with Gasteiger partial charge in [0.1, 0.15) is 11.4 Å². The fraction of sp³-hybridized carbons (Fsp3) is 0.833. The van der Waals surface area contributed by atoms with Crippen LogP contribution in [0.1, 0.15) is 52.4 Å². The van der Waals surface area contributed by atoms with Crippen molar-refractivity contribution in [2.75, 3.05) is 0 Å². The van der Waals surface area contributed by atoms with E-state index in [2.05, 4.69) is 11.8 Å². The number of aliphatic hydroxyl groups excluding tert-OH is 1. The molecule has 0 aromatic heterocycles. The highest BCUT2D eigenvalue weighted by atomic mass is 16.3. The molecule has 0 amide bonds. The topological polar surface area (TPSA) is 57.5 Å². The smallest absolute Gasteiger partial charge is 0.139 e. The van der Waals surface area contributed by atoms with E-state index in [4.69, 9.17) is 0 Å². The van der Waals surface area contributed by atoms with Crippen molar-refractivity contribution in [1.29, 1.82) is 0 Å². The molecule has 3 nitrogen and oxygen atoms in total. The highest BCUT2D eigenvalue weighted by Gasteiger charge is 2.55. The summed E-state index contributed by atoms with van der Waals surface area (Å²) in [5, 5.41) is 20.8. The Hall–Kier alpha value is -0.850. The zero-order valence-electron chi connectivity index (χ0n) is 13.0. The van der Waals surface area contributed by atoms with Crippen LogP contribution in [0.15, 0.2) is 0 Å². The lowest BCUT2D eigenvalue weighted by molar-refractivity contribution is -0.153. The highest BCUT2D eigenvalue weighted by molar-refractivity contribution is 5.90. The van der Waals surface area contributed by atoms with Crippen molar-refractivity contribution in [3.05, 3.63) is 0 Å². The number of hydrogen-bond donors (Lipinski definition) is 2. The van der Waals surface area contributed by atoms with Gasteiger partial charge in [0.05, 0.1) is 12.0 Å². The largest absolute Gasteiger partial charge is 0.392 e. The number of carbonyl (C=O) groups excluding carboxylic acids is 1. The van der Waals surface area contributed by atoms with E-state index in [1.54, 1.807) is 6.92 Å². The summed E-state index contributed by atoms with van der Waals surface area (Å²) in [5.74, 6) is 7.09. The van der Waals surface area contributed by atoms with Crippen LogP contribution in [0.4, 0.5) is 0 Å². The van der Waals surface area contributed by atoms with Crippen LogP contribution in [0.2, 0.25) is 0 Å². The van der Waals surface area contributed by atoms with Crippen LogP contribution < -0.4 is 0 Å². The molecule has 0 aromatic carbocycles. The zero-order chi connectivity index (χ0) is 15.2. The van der Waals surface area contributed by atoms with Gasteiger partial charge >= 0.3 is 0 Å². The third-order valence-corrected chi connectivity index (χ3v) is 6.09. The van der Waals surface area contributed by atoms with Crippen LogP contribution in [0, 0.1) is 41.4 Å². The number of fused-ring (bicyclic) bond motifs is 1. The van der Waals surface area contributed by atoms with Gasteiger partial charge in [-0.05, 0) is 50.9 Å². The molecule has 2 N–H and O–H groups in total. The van der Waals surface area contributed by atoms with E-state index in [1.807, 2.05) is 6.92 Å². The molecule has 3 rings (SSSR count). The highest BCUT2D eigenvalue weighted by Crippen LogP contribution is 2.50. The Bertz CT molecular complexity index is 472. The lowest BCUT2D eigenvalue weighted by atomic mass is 9.52. The standard InChI is InChI=1S/C18H26O3/c1-3-12-16-13(15(19)8-7-14(16)17(12)20)9-10-18(2,21)11-5-4-6-11/h11-16,19,21H,3-8H2,1-2H3/t12?,13-,14-,15+,16+,18+/m0/s1. The molecule has 3 heteroatoms. The summed E-state index contributed by atoms with van der Waals surface area (Å²) in [6.45, 7) is 3.83. The van der Waals surface area contributed by atoms with Gasteiger partial charge in [-0.1, -0.05) is 25.2 Å². The summed E-state index contributed by atoms with van der Waals surface area (Å²) in [7, 11) is 0. The Morgan fingerprint density at radius 2 is 2.00 bits per heavy atom. The Morgan fingerprint density at radius 3 is 2.57 bits per heavy atom. The van der Waals surface area contributed by atoms with Crippen LogP contribution in [-0.4, -0.2) is 27.7 Å². The van der Waals surface area contributed by atoms with Crippen LogP contribution in [0.3, 0.4) is 0 Å². The van der Waals surface area contributed by atoms with E-state index in [-0.39, 0.29) is 29.6 Å². The van der Waals surface area contributed by atoms with Crippen LogP contribution in [0.5, 0.6) is 0 Å². The van der Waals surface area contributed by atoms with Gasteiger partial charge in [0, 0.05) is 11.8 Å². The van der Waals surface area contributed by atoms with Crippen LogP contribution in [0.25, 0.3) is 0 Å². The Balaban J connectivity index is 1.78. The first kappa shape index (κ1) is 15.1. The SMILES string of the molecule is CCC1C(=O)[C@H]2CC[C@@H](O)[C@H](C#C[C@@](C)(O)C3CCC3)[C@@H]12. The minimum atomic E-state index is -0.944. The lowest BCUT2D eigenvalue weighted by Gasteiger charge is -2.50. The number of ketones is 1. The lowest BCUT2D eigenvalue weighted by Crippen LogP contribution is -2.56. The van der Waals surface area contributed by atoms with Crippen molar-refractivity contribution in [2.24, 2.45) is 29.6 Å². The summed E-state index contributed by atoms with van der Waals surface area (Å²) in [6.07, 6.45) is 5.11. The molecular formula is C18H26O3. The summed E-state index contributed by atoms with van der Waals surface area (Å²) in [6, 6.07) is 0. The first-order valence-corrected chi connectivity index (χ1v) is 8.42. The fourth-order valence-electron chi connectivity index (χ4n) is 4.41. The molecular weight excluding hydrogens is 264 g/mol. The van der Waals surface area contributed by atoms with Crippen molar-refractivity contribution in [2.45, 2.75) is 64.1 Å². The monoisotopic (exact) mass is 290 g/mol. The average molecular weight is 290 g/mol. The van der Waals surface area contributed by atoms with Gasteiger partial charge in [0.2, 0.25) is 0 Å². The van der Waals surface area contributed by atoms with E-state index >= 15 is 0 Å². The maximum atomic E-state index is 12.1. The zero-order valence-corrected chi connectivity index (χ0v) is 13.0. The number of Topliss-reactive ketones (excluding diaryl/α,β-unsaturated/α-hetero) is 1. The Labute approximate surface area is 127 Å². The van der Waals surface area contributed by atoms with Gasteiger partial charge in [-0.3, -0.25) is 4.79 Å². The summed E-state index contributed by atoms with van der Waals surface area (Å²) in [5.41, 5.74) is -0.944. The van der Waals surface area contributed by atoms with Crippen molar-refractivity contribution < 1.29 is 15.0 Å². The second-order valence-corrected chi connectivity index (χ2v) is 7.32. The molecule has 0 aromatic rings. The predicted molar refractivity (Wildman–Crippen MR) is 80.2 cm³/mol. The molecule has 6 atom stereocenters. The van der Waals surface area contributed by atoms with Crippen molar-refractivity contribution in [1.82, 2.24) is 0 Å². The second kappa shape index (κ2) is 5.41. The second-order valence-electron chi connectivity index (χ2n) is 7.32. The fourth-order valence-corrected chi connectivity index (χ4v) is 4.41. The van der Waals surface area contributed by atoms with E-state index in [0.29, 0.717) is 12.2 Å². The van der Waals surface area contributed by atoms with Gasteiger partial charge in [-0.25, -0.2) is 0 Å². The maximum Gasteiger partial charge on any atom is 0.139 e. The Kier molecular flexibility index (Phi) is 3.88. The molecule has 3 aliphatic rings. The molecule has 0 spiro atoms. The average Bonchev–Trinajstić information content (AvgIpc) is 2.35. The normalized spacial score (nSPS) is 41.9. The third kappa shape index (κ3) is 2.43. The van der Waals surface area contributed by atoms with Gasteiger partial charge in [-0.2, -0.15) is 0 Å². The van der Waals surface area contributed by atoms with Gasteiger partial charge in [-0.15, -0.1) is 0 Å². The molecule has 116 valence electrons. The van der Waals surface area contributed by atoms with Crippen molar-refractivity contribution in [3.63, 3.8) is 0 Å². The van der Waals surface area contributed by atoms with E-state index in [1.165, 1.54) is 6.42 Å². The van der Waals surface area contributed by atoms with E-state index in [9.17, 15) is 15.0 Å². The number of aliphatic hydroxyl groups is 2. The number of hydrogen-bond acceptors (Lipinski definition) is 3. The molecule has 0 bridgehead atoms. The minimum absolute atomic E-state index is 0.0675. The molecule has 3 saturated carbocycles. The van der Waals surface area contributed by atoms with Crippen LogP contribution in [-0.2, 0) is 4.79 Å². The van der Waals surface area contributed by atoms with Gasteiger partial charge in [0.15, 0.2) is 0 Å². The third-order valence-electron chi connectivity index (χ3n) is 6.09. The van der Waals surface area contributed by atoms with E-state index < -0.39 is 11.7 Å². The predicted octanol–water partition coefficient (Wildman–Crippen LogP) is 2.15. The van der Waals surface area contributed by atoms with Gasteiger partial charge < -0.3 is 10.2 Å². The first-order chi connectivity index (χ1) is 9.95. The molecule has 3 aliphatic carbocycles. The molecule has 0 aliphatic heterocycles. The van der Waals surface area contributed by atoms with Crippen molar-refractivity contribution in [3.8, 4) is 11.8 Å². The minimum Gasteiger partial charge on any atom is -0.392 e. The molecule has 0 radical (unpaired) electrons. The van der Waals surface area contributed by atoms with Crippen LogP contribution >= 0.6 is 0 Å². The van der Waals surface area contributed by atoms with E-state index in [0.717, 1.165) is 25.7 Å². The molecule has 0 saturated heterocycles. The molecule has 0 heterocycles. The molecule has 1 unspecified atom stereocenters.